The number of pyridine rings is 1. The maximum atomic E-state index is 13.2. The molecule has 0 aliphatic rings. The van der Waals surface area contributed by atoms with Crippen LogP contribution in [0.1, 0.15) is 5.56 Å². The Morgan fingerprint density at radius 1 is 1.17 bits per heavy atom. The van der Waals surface area contributed by atoms with Gasteiger partial charge in [0.05, 0.1) is 18.3 Å². The Labute approximate surface area is 102 Å². The second-order valence-corrected chi connectivity index (χ2v) is 3.71. The van der Waals surface area contributed by atoms with Gasteiger partial charge in [-0.25, -0.2) is 8.78 Å². The maximum Gasteiger partial charge on any atom is 0.228 e. The van der Waals surface area contributed by atoms with Crippen LogP contribution in [-0.4, -0.2) is 10.9 Å². The van der Waals surface area contributed by atoms with Crippen molar-refractivity contribution in [3.05, 3.63) is 59.9 Å². The van der Waals surface area contributed by atoms with Crippen molar-refractivity contribution in [2.45, 2.75) is 6.42 Å². The maximum absolute atomic E-state index is 13.2. The van der Waals surface area contributed by atoms with Gasteiger partial charge < -0.3 is 5.32 Å². The van der Waals surface area contributed by atoms with Gasteiger partial charge in [-0.1, -0.05) is 12.1 Å². The molecule has 2 rings (SSSR count). The number of carbonyl (C=O) groups is 1. The first-order valence-corrected chi connectivity index (χ1v) is 5.29. The third-order valence-corrected chi connectivity index (χ3v) is 2.32. The van der Waals surface area contributed by atoms with Gasteiger partial charge in [-0.05, 0) is 23.8 Å². The molecular formula is C13H10F2N2O. The molecule has 0 aliphatic carbocycles. The number of amides is 1. The number of aromatic nitrogens is 1. The van der Waals surface area contributed by atoms with E-state index in [9.17, 15) is 13.6 Å². The zero-order chi connectivity index (χ0) is 13.0. The number of hydrogen-bond donors (Lipinski definition) is 1. The van der Waals surface area contributed by atoms with Gasteiger partial charge in [-0.15, -0.1) is 0 Å². The summed E-state index contributed by atoms with van der Waals surface area (Å²) >= 11 is 0. The quantitative estimate of drug-likeness (QED) is 0.906. The Kier molecular flexibility index (Phi) is 3.62. The van der Waals surface area contributed by atoms with Crippen molar-refractivity contribution in [3.63, 3.8) is 0 Å². The Morgan fingerprint density at radius 3 is 2.56 bits per heavy atom. The number of hydrogen-bond acceptors (Lipinski definition) is 2. The molecule has 1 N–H and O–H groups in total. The van der Waals surface area contributed by atoms with Crippen molar-refractivity contribution in [1.29, 1.82) is 0 Å². The summed E-state index contributed by atoms with van der Waals surface area (Å²) in [4.78, 5) is 15.2. The molecule has 18 heavy (non-hydrogen) atoms. The Bertz CT molecular complexity index is 555. The SMILES string of the molecule is O=C(Cc1ccc(F)cc1)Nc1ccncc1F. The van der Waals surface area contributed by atoms with Crippen LogP contribution in [0.5, 0.6) is 0 Å². The molecule has 0 radical (unpaired) electrons. The fraction of sp³-hybridized carbons (Fsp3) is 0.0769. The van der Waals surface area contributed by atoms with Gasteiger partial charge >= 0.3 is 0 Å². The van der Waals surface area contributed by atoms with Crippen LogP contribution in [0.2, 0.25) is 0 Å². The van der Waals surface area contributed by atoms with E-state index in [4.69, 9.17) is 0 Å². The molecular weight excluding hydrogens is 238 g/mol. The minimum atomic E-state index is -0.593. The minimum absolute atomic E-state index is 0.0576. The summed E-state index contributed by atoms with van der Waals surface area (Å²) in [6, 6.07) is 6.94. The second kappa shape index (κ2) is 5.35. The standard InChI is InChI=1S/C13H10F2N2O/c14-10-3-1-9(2-4-10)7-13(18)17-12-5-6-16-8-11(12)15/h1-6,8H,7H2,(H,16,17,18). The average molecular weight is 248 g/mol. The highest BCUT2D eigenvalue weighted by molar-refractivity contribution is 5.92. The Balaban J connectivity index is 2.01. The van der Waals surface area contributed by atoms with Crippen LogP contribution in [0, 0.1) is 11.6 Å². The van der Waals surface area contributed by atoms with Crippen molar-refractivity contribution in [2.24, 2.45) is 0 Å². The molecule has 0 unspecified atom stereocenters. The topological polar surface area (TPSA) is 42.0 Å². The van der Waals surface area contributed by atoms with E-state index in [0.717, 1.165) is 6.20 Å². The van der Waals surface area contributed by atoms with Gasteiger partial charge in [0.2, 0.25) is 5.91 Å². The van der Waals surface area contributed by atoms with Crippen molar-refractivity contribution in [1.82, 2.24) is 4.98 Å². The lowest BCUT2D eigenvalue weighted by Crippen LogP contribution is -2.15. The Hall–Kier alpha value is -2.30. The molecule has 3 nitrogen and oxygen atoms in total. The van der Waals surface area contributed by atoms with Gasteiger partial charge in [-0.3, -0.25) is 9.78 Å². The summed E-state index contributed by atoms with van der Waals surface area (Å²) < 4.78 is 25.9. The van der Waals surface area contributed by atoms with Crippen LogP contribution >= 0.6 is 0 Å². The zero-order valence-corrected chi connectivity index (χ0v) is 9.36. The molecule has 0 saturated heterocycles. The van der Waals surface area contributed by atoms with Gasteiger partial charge in [0.25, 0.3) is 0 Å². The summed E-state index contributed by atoms with van der Waals surface area (Å²) in [5, 5.41) is 2.43. The lowest BCUT2D eigenvalue weighted by Gasteiger charge is -2.05. The number of halogens is 2. The largest absolute Gasteiger partial charge is 0.323 e. The van der Waals surface area contributed by atoms with Crippen molar-refractivity contribution >= 4 is 11.6 Å². The first-order chi connectivity index (χ1) is 8.65. The van der Waals surface area contributed by atoms with E-state index in [1.165, 1.54) is 36.5 Å². The second-order valence-electron chi connectivity index (χ2n) is 3.71. The van der Waals surface area contributed by atoms with E-state index >= 15 is 0 Å². The fourth-order valence-electron chi connectivity index (χ4n) is 1.46. The molecule has 92 valence electrons. The fourth-order valence-corrected chi connectivity index (χ4v) is 1.46. The van der Waals surface area contributed by atoms with E-state index in [1.54, 1.807) is 0 Å². The predicted molar refractivity (Wildman–Crippen MR) is 62.9 cm³/mol. The highest BCUT2D eigenvalue weighted by atomic mass is 19.1. The normalized spacial score (nSPS) is 10.1. The molecule has 0 bridgehead atoms. The summed E-state index contributed by atoms with van der Waals surface area (Å²) in [6.45, 7) is 0. The van der Waals surface area contributed by atoms with Crippen LogP contribution in [0.25, 0.3) is 0 Å². The van der Waals surface area contributed by atoms with Crippen molar-refractivity contribution < 1.29 is 13.6 Å². The molecule has 0 saturated carbocycles. The van der Waals surface area contributed by atoms with Gasteiger partial charge in [0.15, 0.2) is 5.82 Å². The molecule has 2 aromatic rings. The summed E-state index contributed by atoms with van der Waals surface area (Å²) in [7, 11) is 0. The highest BCUT2D eigenvalue weighted by Gasteiger charge is 2.07. The van der Waals surface area contributed by atoms with Crippen LogP contribution in [0.15, 0.2) is 42.7 Å². The third kappa shape index (κ3) is 3.10. The summed E-state index contributed by atoms with van der Waals surface area (Å²) in [6.07, 6.45) is 2.46. The molecule has 0 spiro atoms. The van der Waals surface area contributed by atoms with E-state index in [2.05, 4.69) is 10.3 Å². The highest BCUT2D eigenvalue weighted by Crippen LogP contribution is 2.11. The summed E-state index contributed by atoms with van der Waals surface area (Å²) in [5.74, 6) is -1.32. The monoisotopic (exact) mass is 248 g/mol. The molecule has 1 heterocycles. The molecule has 0 aliphatic heterocycles. The number of nitrogens with zero attached hydrogens (tertiary/aromatic N) is 1. The van der Waals surface area contributed by atoms with Crippen LogP contribution in [-0.2, 0) is 11.2 Å². The Morgan fingerprint density at radius 2 is 1.89 bits per heavy atom. The van der Waals surface area contributed by atoms with Crippen LogP contribution in [0.4, 0.5) is 14.5 Å². The number of anilines is 1. The number of rotatable bonds is 3. The van der Waals surface area contributed by atoms with E-state index < -0.39 is 5.82 Å². The molecule has 1 amide bonds. The molecule has 0 fully saturated rings. The smallest absolute Gasteiger partial charge is 0.228 e. The minimum Gasteiger partial charge on any atom is -0.323 e. The number of carbonyl (C=O) groups excluding carboxylic acids is 1. The zero-order valence-electron chi connectivity index (χ0n) is 9.36. The van der Waals surface area contributed by atoms with Crippen LogP contribution in [0.3, 0.4) is 0 Å². The molecule has 5 heteroatoms. The number of nitrogens with one attached hydrogen (secondary N) is 1. The molecule has 1 aromatic carbocycles. The lowest BCUT2D eigenvalue weighted by atomic mass is 10.1. The molecule has 1 aromatic heterocycles. The van der Waals surface area contributed by atoms with Crippen molar-refractivity contribution in [2.75, 3.05) is 5.32 Å². The predicted octanol–water partition coefficient (Wildman–Crippen LogP) is 2.54. The molecule has 0 atom stereocenters. The van der Waals surface area contributed by atoms with Gasteiger partial charge in [-0.2, -0.15) is 0 Å². The van der Waals surface area contributed by atoms with Crippen LogP contribution < -0.4 is 5.32 Å². The van der Waals surface area contributed by atoms with Gasteiger partial charge in [0, 0.05) is 6.20 Å². The lowest BCUT2D eigenvalue weighted by molar-refractivity contribution is -0.115. The van der Waals surface area contributed by atoms with E-state index in [1.807, 2.05) is 0 Å². The van der Waals surface area contributed by atoms with Gasteiger partial charge in [0.1, 0.15) is 5.82 Å². The summed E-state index contributed by atoms with van der Waals surface area (Å²) in [5.41, 5.74) is 0.737. The van der Waals surface area contributed by atoms with E-state index in [-0.39, 0.29) is 23.8 Å². The average Bonchev–Trinajstić information content (AvgIpc) is 2.35. The third-order valence-electron chi connectivity index (χ3n) is 2.32. The first kappa shape index (κ1) is 12.2. The van der Waals surface area contributed by atoms with Crippen molar-refractivity contribution in [3.8, 4) is 0 Å². The van der Waals surface area contributed by atoms with E-state index in [0.29, 0.717) is 5.56 Å². The number of benzene rings is 1. The first-order valence-electron chi connectivity index (χ1n) is 5.29.